The molecule has 0 unspecified atom stereocenters. The van der Waals surface area contributed by atoms with E-state index in [4.69, 9.17) is 9.84 Å². The smallest absolute Gasteiger partial charge is 0.335 e. The van der Waals surface area contributed by atoms with Crippen molar-refractivity contribution in [2.24, 2.45) is 0 Å². The Morgan fingerprint density at radius 3 is 2.52 bits per heavy atom. The Morgan fingerprint density at radius 2 is 1.86 bits per heavy atom. The first-order valence-electron chi connectivity index (χ1n) is 10.1. The highest BCUT2D eigenvalue weighted by atomic mass is 28.3. The van der Waals surface area contributed by atoms with Gasteiger partial charge in [-0.3, -0.25) is 4.98 Å². The fourth-order valence-corrected chi connectivity index (χ4v) is 4.13. The number of carbonyl (C=O) groups is 1. The fraction of sp³-hybridized carbons (Fsp3) is 0.391. The van der Waals surface area contributed by atoms with Gasteiger partial charge in [0.25, 0.3) is 0 Å². The summed E-state index contributed by atoms with van der Waals surface area (Å²) in [6.07, 6.45) is 5.65. The molecule has 0 aliphatic heterocycles. The number of hydrogen-bond donors (Lipinski definition) is 1. The van der Waals surface area contributed by atoms with Crippen LogP contribution in [-0.2, 0) is 24.3 Å². The van der Waals surface area contributed by atoms with Gasteiger partial charge in [-0.1, -0.05) is 31.8 Å². The zero-order valence-corrected chi connectivity index (χ0v) is 18.7. The lowest BCUT2D eigenvalue weighted by molar-refractivity contribution is 0.0697. The van der Waals surface area contributed by atoms with Crippen molar-refractivity contribution in [2.75, 3.05) is 6.61 Å². The van der Waals surface area contributed by atoms with Crippen LogP contribution < -0.4 is 0 Å². The summed E-state index contributed by atoms with van der Waals surface area (Å²) in [5.74, 6) is -0.896. The van der Waals surface area contributed by atoms with Crippen LogP contribution in [0.3, 0.4) is 0 Å². The maximum atomic E-state index is 11.0. The van der Waals surface area contributed by atoms with Crippen LogP contribution in [0.25, 0.3) is 10.9 Å². The van der Waals surface area contributed by atoms with E-state index in [2.05, 4.69) is 48.4 Å². The average molecular weight is 411 g/mol. The maximum Gasteiger partial charge on any atom is 0.335 e. The number of rotatable bonds is 9. The predicted octanol–water partition coefficient (Wildman–Crippen LogP) is 5.14. The second-order valence-electron chi connectivity index (χ2n) is 8.79. The number of hydrogen-bond acceptors (Lipinski definition) is 3. The molecule has 0 spiro atoms. The van der Waals surface area contributed by atoms with Crippen LogP contribution in [0.15, 0.2) is 42.7 Å². The van der Waals surface area contributed by atoms with Crippen LogP contribution in [0.1, 0.15) is 27.2 Å². The van der Waals surface area contributed by atoms with E-state index in [1.165, 1.54) is 16.9 Å². The van der Waals surface area contributed by atoms with Crippen LogP contribution >= 0.6 is 0 Å². The number of aromatic nitrogens is 2. The standard InChI is InChI=1S/C23H30N2O3Si/c1-17-15-24-21(10-7-18-5-8-19(9-6-18)23(26)27)20-11-12-25(22(17)20)16-28-13-14-29(2,3)4/h5-6,8-9,11-12,15H,7,10,13-14,16H2,1-4H3,(H,26,27). The van der Waals surface area contributed by atoms with Gasteiger partial charge < -0.3 is 14.4 Å². The summed E-state index contributed by atoms with van der Waals surface area (Å²) in [6.45, 7) is 10.5. The van der Waals surface area contributed by atoms with Crippen LogP contribution in [0, 0.1) is 6.92 Å². The Kier molecular flexibility index (Phi) is 6.55. The predicted molar refractivity (Wildman–Crippen MR) is 119 cm³/mol. The molecule has 6 heteroatoms. The van der Waals surface area contributed by atoms with E-state index < -0.39 is 14.0 Å². The van der Waals surface area contributed by atoms with E-state index in [-0.39, 0.29) is 0 Å². The summed E-state index contributed by atoms with van der Waals surface area (Å²) in [5.41, 5.74) is 4.82. The van der Waals surface area contributed by atoms with E-state index >= 15 is 0 Å². The van der Waals surface area contributed by atoms with Gasteiger partial charge in [-0.25, -0.2) is 4.79 Å². The van der Waals surface area contributed by atoms with Gasteiger partial charge in [0.2, 0.25) is 0 Å². The number of carboxylic acids is 1. The molecule has 0 atom stereocenters. The van der Waals surface area contributed by atoms with Gasteiger partial charge in [0.15, 0.2) is 0 Å². The molecule has 0 saturated carbocycles. The minimum atomic E-state index is -1.08. The Morgan fingerprint density at radius 1 is 1.14 bits per heavy atom. The highest BCUT2D eigenvalue weighted by Crippen LogP contribution is 2.24. The lowest BCUT2D eigenvalue weighted by Crippen LogP contribution is -2.22. The number of ether oxygens (including phenoxy) is 1. The molecule has 3 aromatic rings. The third kappa shape index (κ3) is 5.55. The van der Waals surface area contributed by atoms with E-state index in [1.54, 1.807) is 12.1 Å². The number of nitrogens with zero attached hydrogens (tertiary/aromatic N) is 2. The topological polar surface area (TPSA) is 64.3 Å². The monoisotopic (exact) mass is 410 g/mol. The Bertz CT molecular complexity index is 988. The molecule has 154 valence electrons. The Labute approximate surface area is 173 Å². The molecule has 1 N–H and O–H groups in total. The second kappa shape index (κ2) is 8.92. The first-order chi connectivity index (χ1) is 13.7. The molecular formula is C23H30N2O3Si. The molecule has 0 radical (unpaired) electrons. The SMILES string of the molecule is Cc1cnc(CCc2ccc(C(=O)O)cc2)c2ccn(COCC[Si](C)(C)C)c12. The third-order valence-electron chi connectivity index (χ3n) is 5.14. The van der Waals surface area contributed by atoms with Gasteiger partial charge in [-0.15, -0.1) is 0 Å². The molecule has 2 aromatic heterocycles. The molecule has 0 saturated heterocycles. The highest BCUT2D eigenvalue weighted by molar-refractivity contribution is 6.76. The van der Waals surface area contributed by atoms with Crippen molar-refractivity contribution in [3.63, 3.8) is 0 Å². The maximum absolute atomic E-state index is 11.0. The first kappa shape index (κ1) is 21.3. The summed E-state index contributed by atoms with van der Waals surface area (Å²) in [4.78, 5) is 15.7. The number of benzene rings is 1. The molecule has 3 rings (SSSR count). The number of fused-ring (bicyclic) bond motifs is 1. The van der Waals surface area contributed by atoms with Gasteiger partial charge >= 0.3 is 5.97 Å². The Balaban J connectivity index is 1.70. The average Bonchev–Trinajstić information content (AvgIpc) is 3.09. The second-order valence-corrected chi connectivity index (χ2v) is 14.4. The lowest BCUT2D eigenvalue weighted by atomic mass is 10.0. The summed E-state index contributed by atoms with van der Waals surface area (Å²) in [7, 11) is -1.08. The fourth-order valence-electron chi connectivity index (χ4n) is 3.37. The Hall–Kier alpha value is -2.44. The van der Waals surface area contributed by atoms with Gasteiger partial charge in [-0.05, 0) is 55.1 Å². The van der Waals surface area contributed by atoms with Crippen molar-refractivity contribution in [1.29, 1.82) is 0 Å². The third-order valence-corrected chi connectivity index (χ3v) is 6.84. The van der Waals surface area contributed by atoms with E-state index in [0.717, 1.165) is 36.3 Å². The van der Waals surface area contributed by atoms with Crippen molar-refractivity contribution in [2.45, 2.75) is 52.2 Å². The largest absolute Gasteiger partial charge is 0.478 e. The van der Waals surface area contributed by atoms with E-state index in [0.29, 0.717) is 12.3 Å². The summed E-state index contributed by atoms with van der Waals surface area (Å²) >= 11 is 0. The molecule has 2 heterocycles. The summed E-state index contributed by atoms with van der Waals surface area (Å²) < 4.78 is 8.11. The van der Waals surface area contributed by atoms with Crippen molar-refractivity contribution >= 4 is 24.9 Å². The zero-order valence-electron chi connectivity index (χ0n) is 17.7. The number of aromatic carboxylic acids is 1. The molecule has 1 aromatic carbocycles. The van der Waals surface area contributed by atoms with Crippen molar-refractivity contribution in [1.82, 2.24) is 9.55 Å². The highest BCUT2D eigenvalue weighted by Gasteiger charge is 2.13. The minimum absolute atomic E-state index is 0.316. The molecule has 0 aliphatic rings. The minimum Gasteiger partial charge on any atom is -0.478 e. The normalized spacial score (nSPS) is 11.9. The summed E-state index contributed by atoms with van der Waals surface area (Å²) in [6, 6.07) is 10.4. The number of carboxylic acid groups (broad SMARTS) is 1. The van der Waals surface area contributed by atoms with Crippen LogP contribution in [-0.4, -0.2) is 35.3 Å². The zero-order chi connectivity index (χ0) is 21.0. The van der Waals surface area contributed by atoms with Crippen molar-refractivity contribution in [3.8, 4) is 0 Å². The van der Waals surface area contributed by atoms with Crippen molar-refractivity contribution in [3.05, 3.63) is 65.1 Å². The molecule has 0 fully saturated rings. The first-order valence-corrected chi connectivity index (χ1v) is 13.8. The summed E-state index contributed by atoms with van der Waals surface area (Å²) in [5, 5.41) is 10.2. The molecule has 0 amide bonds. The van der Waals surface area contributed by atoms with Gasteiger partial charge in [0, 0.05) is 32.5 Å². The van der Waals surface area contributed by atoms with E-state index in [9.17, 15) is 4.79 Å². The van der Waals surface area contributed by atoms with Crippen molar-refractivity contribution < 1.29 is 14.6 Å². The van der Waals surface area contributed by atoms with Gasteiger partial charge in [0.1, 0.15) is 6.73 Å². The quantitative estimate of drug-likeness (QED) is 0.392. The number of aryl methyl sites for hydroxylation is 3. The molecule has 0 bridgehead atoms. The van der Waals surface area contributed by atoms with Gasteiger partial charge in [0.05, 0.1) is 16.8 Å². The van der Waals surface area contributed by atoms with Crippen LogP contribution in [0.4, 0.5) is 0 Å². The van der Waals surface area contributed by atoms with Crippen LogP contribution in [0.5, 0.6) is 0 Å². The lowest BCUT2D eigenvalue weighted by Gasteiger charge is -2.16. The number of pyridine rings is 1. The molecule has 5 nitrogen and oxygen atoms in total. The molecule has 29 heavy (non-hydrogen) atoms. The van der Waals surface area contributed by atoms with Crippen LogP contribution in [0.2, 0.25) is 25.7 Å². The van der Waals surface area contributed by atoms with Gasteiger partial charge in [-0.2, -0.15) is 0 Å². The molecule has 0 aliphatic carbocycles. The van der Waals surface area contributed by atoms with E-state index in [1.807, 2.05) is 18.3 Å². The molecular weight excluding hydrogens is 380 g/mol.